The van der Waals surface area contributed by atoms with Crippen LogP contribution in [-0.4, -0.2) is 62.2 Å². The van der Waals surface area contributed by atoms with E-state index in [9.17, 15) is 0 Å². The Morgan fingerprint density at radius 2 is 2.29 bits per heavy atom. The zero-order valence-corrected chi connectivity index (χ0v) is 11.4. The third kappa shape index (κ3) is 5.03. The van der Waals surface area contributed by atoms with Crippen molar-refractivity contribution in [3.8, 4) is 6.07 Å². The molecule has 0 saturated carbocycles. The third-order valence-corrected chi connectivity index (χ3v) is 3.39. The molecule has 1 aliphatic rings. The third-order valence-electron chi connectivity index (χ3n) is 3.39. The second-order valence-electron chi connectivity index (χ2n) is 5.12. The molecule has 0 aromatic rings. The first-order valence-corrected chi connectivity index (χ1v) is 6.69. The second-order valence-corrected chi connectivity index (χ2v) is 5.12. The Labute approximate surface area is 106 Å². The van der Waals surface area contributed by atoms with E-state index in [4.69, 9.17) is 5.26 Å². The van der Waals surface area contributed by atoms with E-state index in [1.165, 1.54) is 19.4 Å². The minimum Gasteiger partial charge on any atom is -0.308 e. The molecule has 0 aromatic heterocycles. The summed E-state index contributed by atoms with van der Waals surface area (Å²) in [5.41, 5.74) is 0. The highest BCUT2D eigenvalue weighted by Gasteiger charge is 2.25. The summed E-state index contributed by atoms with van der Waals surface area (Å²) in [6.07, 6.45) is 3.54. The number of rotatable bonds is 7. The number of nitrogens with zero attached hydrogens (tertiary/aromatic N) is 3. The van der Waals surface area contributed by atoms with Crippen molar-refractivity contribution in [2.75, 3.05) is 40.3 Å². The standard InChI is InChI=1S/C13H26N4/c1-4-15-12(10-14)7-9-17-8-5-6-13(17)11-16(2)3/h12-13,15H,4-9,11H2,1-3H3. The van der Waals surface area contributed by atoms with Gasteiger partial charge in [0.25, 0.3) is 0 Å². The normalized spacial score (nSPS) is 22.9. The smallest absolute Gasteiger partial charge is 0.0965 e. The summed E-state index contributed by atoms with van der Waals surface area (Å²) in [5, 5.41) is 12.2. The molecule has 4 nitrogen and oxygen atoms in total. The van der Waals surface area contributed by atoms with Crippen molar-refractivity contribution in [1.82, 2.24) is 15.1 Å². The molecule has 1 aliphatic heterocycles. The van der Waals surface area contributed by atoms with Crippen LogP contribution in [0.2, 0.25) is 0 Å². The number of likely N-dealkylation sites (N-methyl/N-ethyl adjacent to an activating group) is 1. The van der Waals surface area contributed by atoms with Crippen molar-refractivity contribution in [2.24, 2.45) is 0 Å². The lowest BCUT2D eigenvalue weighted by molar-refractivity contribution is 0.202. The summed E-state index contributed by atoms with van der Waals surface area (Å²) in [4.78, 5) is 4.80. The quantitative estimate of drug-likeness (QED) is 0.716. The van der Waals surface area contributed by atoms with Crippen LogP contribution < -0.4 is 5.32 Å². The summed E-state index contributed by atoms with van der Waals surface area (Å²) in [7, 11) is 4.26. The van der Waals surface area contributed by atoms with E-state index < -0.39 is 0 Å². The summed E-state index contributed by atoms with van der Waals surface area (Å²) in [5.74, 6) is 0. The van der Waals surface area contributed by atoms with Gasteiger partial charge in [-0.05, 0) is 46.4 Å². The van der Waals surface area contributed by atoms with Gasteiger partial charge in [-0.25, -0.2) is 0 Å². The van der Waals surface area contributed by atoms with Crippen LogP contribution >= 0.6 is 0 Å². The van der Waals surface area contributed by atoms with Crippen LogP contribution in [0.15, 0.2) is 0 Å². The van der Waals surface area contributed by atoms with E-state index in [2.05, 4.69) is 42.2 Å². The highest BCUT2D eigenvalue weighted by Crippen LogP contribution is 2.18. The first-order valence-electron chi connectivity index (χ1n) is 6.69. The molecular formula is C13H26N4. The fourth-order valence-electron chi connectivity index (χ4n) is 2.57. The van der Waals surface area contributed by atoms with Gasteiger partial charge in [0.2, 0.25) is 0 Å². The van der Waals surface area contributed by atoms with Crippen LogP contribution in [0.25, 0.3) is 0 Å². The van der Waals surface area contributed by atoms with Gasteiger partial charge in [-0.2, -0.15) is 5.26 Å². The van der Waals surface area contributed by atoms with Crippen LogP contribution in [0.4, 0.5) is 0 Å². The number of nitrogens with one attached hydrogen (secondary N) is 1. The molecule has 0 aromatic carbocycles. The van der Waals surface area contributed by atoms with E-state index in [-0.39, 0.29) is 6.04 Å². The van der Waals surface area contributed by atoms with Crippen LogP contribution in [0.3, 0.4) is 0 Å². The lowest BCUT2D eigenvalue weighted by Gasteiger charge is -2.27. The molecule has 0 spiro atoms. The number of hydrogen-bond acceptors (Lipinski definition) is 4. The highest BCUT2D eigenvalue weighted by atomic mass is 15.2. The number of nitriles is 1. The maximum atomic E-state index is 9.00. The van der Waals surface area contributed by atoms with Crippen LogP contribution in [0.5, 0.6) is 0 Å². The molecule has 0 amide bonds. The summed E-state index contributed by atoms with van der Waals surface area (Å²) in [6, 6.07) is 3.03. The van der Waals surface area contributed by atoms with E-state index in [0.29, 0.717) is 6.04 Å². The minimum absolute atomic E-state index is 0.0145. The van der Waals surface area contributed by atoms with Gasteiger partial charge in [0, 0.05) is 19.1 Å². The summed E-state index contributed by atoms with van der Waals surface area (Å²) in [6.45, 7) is 6.30. The average Bonchev–Trinajstić information content (AvgIpc) is 2.71. The Balaban J connectivity index is 2.32. The van der Waals surface area contributed by atoms with E-state index in [1.54, 1.807) is 0 Å². The Kier molecular flexibility index (Phi) is 6.49. The minimum atomic E-state index is 0.0145. The summed E-state index contributed by atoms with van der Waals surface area (Å²) >= 11 is 0. The second kappa shape index (κ2) is 7.65. The van der Waals surface area contributed by atoms with Gasteiger partial charge < -0.3 is 10.2 Å². The van der Waals surface area contributed by atoms with Crippen molar-refractivity contribution >= 4 is 0 Å². The molecule has 1 N–H and O–H groups in total. The topological polar surface area (TPSA) is 42.3 Å². The fraction of sp³-hybridized carbons (Fsp3) is 0.923. The zero-order chi connectivity index (χ0) is 12.7. The molecule has 1 heterocycles. The van der Waals surface area contributed by atoms with Crippen LogP contribution in [0.1, 0.15) is 26.2 Å². The monoisotopic (exact) mass is 238 g/mol. The van der Waals surface area contributed by atoms with Gasteiger partial charge >= 0.3 is 0 Å². The maximum absolute atomic E-state index is 9.00. The van der Waals surface area contributed by atoms with Crippen molar-refractivity contribution in [2.45, 2.75) is 38.3 Å². The Morgan fingerprint density at radius 1 is 1.53 bits per heavy atom. The van der Waals surface area contributed by atoms with Crippen molar-refractivity contribution in [3.05, 3.63) is 0 Å². The Bertz CT molecular complexity index is 246. The fourth-order valence-corrected chi connectivity index (χ4v) is 2.57. The van der Waals surface area contributed by atoms with E-state index in [0.717, 1.165) is 26.1 Å². The summed E-state index contributed by atoms with van der Waals surface area (Å²) < 4.78 is 0. The molecule has 4 heteroatoms. The predicted octanol–water partition coefficient (Wildman–Crippen LogP) is 0.904. The van der Waals surface area contributed by atoms with Gasteiger partial charge in [-0.3, -0.25) is 4.90 Å². The molecule has 1 rings (SSSR count). The molecule has 2 atom stereocenters. The Morgan fingerprint density at radius 3 is 2.88 bits per heavy atom. The average molecular weight is 238 g/mol. The van der Waals surface area contributed by atoms with Crippen LogP contribution in [-0.2, 0) is 0 Å². The first-order chi connectivity index (χ1) is 8.17. The maximum Gasteiger partial charge on any atom is 0.0965 e. The molecular weight excluding hydrogens is 212 g/mol. The van der Waals surface area contributed by atoms with E-state index in [1.807, 2.05) is 0 Å². The molecule has 17 heavy (non-hydrogen) atoms. The molecule has 0 aliphatic carbocycles. The van der Waals surface area contributed by atoms with Crippen LogP contribution in [0, 0.1) is 11.3 Å². The first kappa shape index (κ1) is 14.4. The molecule has 0 bridgehead atoms. The molecule has 98 valence electrons. The highest BCUT2D eigenvalue weighted by molar-refractivity contribution is 4.91. The lowest BCUT2D eigenvalue weighted by atomic mass is 10.2. The number of hydrogen-bond donors (Lipinski definition) is 1. The van der Waals surface area contributed by atoms with E-state index >= 15 is 0 Å². The largest absolute Gasteiger partial charge is 0.308 e. The molecule has 0 radical (unpaired) electrons. The van der Waals surface area contributed by atoms with Gasteiger partial charge in [0.05, 0.1) is 12.1 Å². The number of likely N-dealkylation sites (tertiary alicyclic amines) is 1. The van der Waals surface area contributed by atoms with Gasteiger partial charge in [-0.1, -0.05) is 6.92 Å². The lowest BCUT2D eigenvalue weighted by Crippen LogP contribution is -2.40. The van der Waals surface area contributed by atoms with Crippen molar-refractivity contribution in [3.63, 3.8) is 0 Å². The molecule has 1 saturated heterocycles. The molecule has 1 fully saturated rings. The van der Waals surface area contributed by atoms with Gasteiger partial charge in [-0.15, -0.1) is 0 Å². The molecule has 2 unspecified atom stereocenters. The van der Waals surface area contributed by atoms with Crippen molar-refractivity contribution < 1.29 is 0 Å². The van der Waals surface area contributed by atoms with Gasteiger partial charge in [0.1, 0.15) is 0 Å². The Hall–Kier alpha value is -0.630. The van der Waals surface area contributed by atoms with Gasteiger partial charge in [0.15, 0.2) is 0 Å². The predicted molar refractivity (Wildman–Crippen MR) is 70.8 cm³/mol. The zero-order valence-electron chi connectivity index (χ0n) is 11.4. The van der Waals surface area contributed by atoms with Crippen molar-refractivity contribution in [1.29, 1.82) is 5.26 Å². The SMILES string of the molecule is CCNC(C#N)CCN1CCCC1CN(C)C.